The quantitative estimate of drug-likeness (QED) is 0.254. The van der Waals surface area contributed by atoms with Crippen LogP contribution in [-0.4, -0.2) is 48.1 Å². The molecular weight excluding hydrogens is 578 g/mol. The number of halogens is 1. The maximum atomic E-state index is 13.0. The molecule has 1 heterocycles. The monoisotopic (exact) mass is 607 g/mol. The Morgan fingerprint density at radius 3 is 2.45 bits per heavy atom. The molecule has 4 amide bonds. The number of imide groups is 1. The molecule has 3 aromatic carbocycles. The van der Waals surface area contributed by atoms with E-state index in [1.165, 1.54) is 13.2 Å². The van der Waals surface area contributed by atoms with Gasteiger partial charge >= 0.3 is 0 Å². The van der Waals surface area contributed by atoms with Crippen molar-refractivity contribution in [2.45, 2.75) is 26.7 Å². The number of amides is 4. The zero-order valence-electron chi connectivity index (χ0n) is 23.5. The second-order valence-electron chi connectivity index (χ2n) is 9.76. The van der Waals surface area contributed by atoms with Crippen molar-refractivity contribution in [3.63, 3.8) is 0 Å². The van der Waals surface area contributed by atoms with Gasteiger partial charge in [0.1, 0.15) is 6.54 Å². The van der Waals surface area contributed by atoms with Crippen LogP contribution in [0.3, 0.4) is 0 Å². The number of benzene rings is 3. The number of carbonyl (C=O) groups is 4. The number of ether oxygens (including phenoxy) is 2. The summed E-state index contributed by atoms with van der Waals surface area (Å²) >= 11 is 6.74. The van der Waals surface area contributed by atoms with E-state index in [4.69, 9.17) is 21.1 Å². The standard InChI is InChI=1S/C31H30ClN3O6S/c1-18(2)22-7-5-6-8-23(22)33-29(37)17-41-25-12-10-20(13-26(25)40-4)14-27-30(38)35(31(39)42-27)16-28(36)34-24-15-21(32)11-9-19(24)3/h5-15,18H,16-17H2,1-4H3,(H,33,37)(H,34,36)/b27-14-. The van der Waals surface area contributed by atoms with Crippen molar-refractivity contribution < 1.29 is 28.7 Å². The summed E-state index contributed by atoms with van der Waals surface area (Å²) in [5.41, 5.74) is 3.62. The molecule has 3 aromatic rings. The molecule has 0 spiro atoms. The Balaban J connectivity index is 1.39. The van der Waals surface area contributed by atoms with Gasteiger partial charge in [0.25, 0.3) is 17.1 Å². The molecule has 1 fully saturated rings. The molecule has 0 aromatic heterocycles. The molecule has 1 aliphatic rings. The average molecular weight is 608 g/mol. The van der Waals surface area contributed by atoms with Crippen molar-refractivity contribution >= 4 is 63.8 Å². The van der Waals surface area contributed by atoms with Crippen LogP contribution in [0.2, 0.25) is 5.02 Å². The van der Waals surface area contributed by atoms with Crippen molar-refractivity contribution in [1.29, 1.82) is 0 Å². The molecule has 0 atom stereocenters. The number of rotatable bonds is 10. The smallest absolute Gasteiger partial charge is 0.294 e. The number of thioether (sulfide) groups is 1. The largest absolute Gasteiger partial charge is 0.493 e. The fourth-order valence-corrected chi connectivity index (χ4v) is 5.20. The van der Waals surface area contributed by atoms with Gasteiger partial charge in [-0.1, -0.05) is 55.8 Å². The minimum absolute atomic E-state index is 0.158. The van der Waals surface area contributed by atoms with Gasteiger partial charge in [-0.15, -0.1) is 0 Å². The van der Waals surface area contributed by atoms with E-state index in [2.05, 4.69) is 24.5 Å². The maximum absolute atomic E-state index is 13.0. The van der Waals surface area contributed by atoms with Crippen LogP contribution in [0.15, 0.2) is 65.6 Å². The first-order valence-electron chi connectivity index (χ1n) is 13.1. The van der Waals surface area contributed by atoms with Gasteiger partial charge in [-0.05, 0) is 77.7 Å². The third kappa shape index (κ3) is 7.51. The van der Waals surface area contributed by atoms with Crippen LogP contribution >= 0.6 is 23.4 Å². The van der Waals surface area contributed by atoms with Crippen LogP contribution in [0.5, 0.6) is 11.5 Å². The molecule has 9 nitrogen and oxygen atoms in total. The third-order valence-corrected chi connectivity index (χ3v) is 7.49. The molecule has 1 saturated heterocycles. The summed E-state index contributed by atoms with van der Waals surface area (Å²) in [5.74, 6) is -0.508. The number of carbonyl (C=O) groups excluding carboxylic acids is 4. The summed E-state index contributed by atoms with van der Waals surface area (Å²) in [6, 6.07) is 17.6. The van der Waals surface area contributed by atoms with Crippen molar-refractivity contribution in [3.8, 4) is 11.5 Å². The van der Waals surface area contributed by atoms with Crippen molar-refractivity contribution in [3.05, 3.63) is 87.3 Å². The summed E-state index contributed by atoms with van der Waals surface area (Å²) in [4.78, 5) is 51.7. The highest BCUT2D eigenvalue weighted by atomic mass is 35.5. The highest BCUT2D eigenvalue weighted by Crippen LogP contribution is 2.35. The molecular formula is C31H30ClN3O6S. The van der Waals surface area contributed by atoms with E-state index in [0.717, 1.165) is 33.5 Å². The average Bonchev–Trinajstić information content (AvgIpc) is 3.21. The van der Waals surface area contributed by atoms with Crippen LogP contribution in [0.4, 0.5) is 16.2 Å². The predicted octanol–water partition coefficient (Wildman–Crippen LogP) is 6.47. The number of aryl methyl sites for hydroxylation is 1. The molecule has 42 heavy (non-hydrogen) atoms. The molecule has 1 aliphatic heterocycles. The minimum atomic E-state index is -0.583. The molecule has 0 aliphatic carbocycles. The van der Waals surface area contributed by atoms with Crippen LogP contribution in [0, 0.1) is 6.92 Å². The molecule has 4 rings (SSSR count). The number of para-hydroxylation sites is 1. The summed E-state index contributed by atoms with van der Waals surface area (Å²) in [7, 11) is 1.46. The van der Waals surface area contributed by atoms with Gasteiger partial charge in [0.05, 0.1) is 12.0 Å². The van der Waals surface area contributed by atoms with Crippen LogP contribution in [-0.2, 0) is 14.4 Å². The summed E-state index contributed by atoms with van der Waals surface area (Å²) < 4.78 is 11.1. The highest BCUT2D eigenvalue weighted by molar-refractivity contribution is 8.18. The maximum Gasteiger partial charge on any atom is 0.294 e. The van der Waals surface area contributed by atoms with E-state index in [9.17, 15) is 19.2 Å². The van der Waals surface area contributed by atoms with E-state index in [-0.39, 0.29) is 23.3 Å². The zero-order valence-corrected chi connectivity index (χ0v) is 25.1. The van der Waals surface area contributed by atoms with Gasteiger partial charge in [-0.25, -0.2) is 0 Å². The third-order valence-electron chi connectivity index (χ3n) is 6.35. The number of hydrogen-bond donors (Lipinski definition) is 2. The molecule has 0 bridgehead atoms. The Hall–Kier alpha value is -4.28. The minimum Gasteiger partial charge on any atom is -0.493 e. The van der Waals surface area contributed by atoms with Crippen molar-refractivity contribution in [2.24, 2.45) is 0 Å². The number of hydrogen-bond acceptors (Lipinski definition) is 7. The lowest BCUT2D eigenvalue weighted by Crippen LogP contribution is -2.36. The van der Waals surface area contributed by atoms with Crippen molar-refractivity contribution in [2.75, 3.05) is 30.9 Å². The SMILES string of the molecule is COc1cc(/C=C2\SC(=O)N(CC(=O)Nc3cc(Cl)ccc3C)C2=O)ccc1OCC(=O)Nc1ccccc1C(C)C. The van der Waals surface area contributed by atoms with E-state index in [0.29, 0.717) is 27.8 Å². The lowest BCUT2D eigenvalue weighted by molar-refractivity contribution is -0.127. The van der Waals surface area contributed by atoms with E-state index in [1.54, 1.807) is 43.3 Å². The normalized spacial score (nSPS) is 14.0. The van der Waals surface area contributed by atoms with Gasteiger partial charge in [0.15, 0.2) is 18.1 Å². The molecule has 0 radical (unpaired) electrons. The summed E-state index contributed by atoms with van der Waals surface area (Å²) in [6.07, 6.45) is 1.53. The fourth-order valence-electron chi connectivity index (χ4n) is 4.19. The molecule has 218 valence electrons. The molecule has 0 unspecified atom stereocenters. The Morgan fingerprint density at radius 2 is 1.71 bits per heavy atom. The molecule has 2 N–H and O–H groups in total. The van der Waals surface area contributed by atoms with Gasteiger partial charge in [0, 0.05) is 16.4 Å². The molecule has 0 saturated carbocycles. The first-order chi connectivity index (χ1) is 20.0. The number of methoxy groups -OCH3 is 1. The van der Waals surface area contributed by atoms with Gasteiger partial charge in [0.2, 0.25) is 5.91 Å². The lowest BCUT2D eigenvalue weighted by Gasteiger charge is -2.15. The van der Waals surface area contributed by atoms with Crippen molar-refractivity contribution in [1.82, 2.24) is 4.90 Å². The van der Waals surface area contributed by atoms with E-state index in [1.807, 2.05) is 24.3 Å². The van der Waals surface area contributed by atoms with Crippen LogP contribution in [0.25, 0.3) is 6.08 Å². The van der Waals surface area contributed by atoms with Crippen LogP contribution in [0.1, 0.15) is 36.5 Å². The van der Waals surface area contributed by atoms with E-state index < -0.39 is 23.6 Å². The fraction of sp³-hybridized carbons (Fsp3) is 0.226. The topological polar surface area (TPSA) is 114 Å². The van der Waals surface area contributed by atoms with E-state index >= 15 is 0 Å². The number of nitrogens with one attached hydrogen (secondary N) is 2. The number of anilines is 2. The van der Waals surface area contributed by atoms with Gasteiger partial charge in [-0.2, -0.15) is 0 Å². The Labute approximate surface area is 253 Å². The van der Waals surface area contributed by atoms with Gasteiger partial charge in [-0.3, -0.25) is 24.1 Å². The Kier molecular flexibility index (Phi) is 9.92. The second-order valence-corrected chi connectivity index (χ2v) is 11.2. The zero-order chi connectivity index (χ0) is 30.4. The number of nitrogens with zero attached hydrogens (tertiary/aromatic N) is 1. The summed E-state index contributed by atoms with van der Waals surface area (Å²) in [5, 5.41) is 5.46. The second kappa shape index (κ2) is 13.6. The highest BCUT2D eigenvalue weighted by Gasteiger charge is 2.36. The van der Waals surface area contributed by atoms with Crippen LogP contribution < -0.4 is 20.1 Å². The summed E-state index contributed by atoms with van der Waals surface area (Å²) in [6.45, 7) is 5.23. The predicted molar refractivity (Wildman–Crippen MR) is 165 cm³/mol. The molecule has 11 heteroatoms. The lowest BCUT2D eigenvalue weighted by atomic mass is 10.0. The Morgan fingerprint density at radius 1 is 0.976 bits per heavy atom. The first-order valence-corrected chi connectivity index (χ1v) is 14.3. The Bertz CT molecular complexity index is 1570. The first kappa shape index (κ1) is 30.7. The van der Waals surface area contributed by atoms with Gasteiger partial charge < -0.3 is 20.1 Å².